The highest BCUT2D eigenvalue weighted by Crippen LogP contribution is 2.26. The number of rotatable bonds is 4. The van der Waals surface area contributed by atoms with Gasteiger partial charge in [-0.1, -0.05) is 24.3 Å². The van der Waals surface area contributed by atoms with Crippen LogP contribution in [-0.2, 0) is 10.0 Å². The first-order valence-electron chi connectivity index (χ1n) is 6.18. The lowest BCUT2D eigenvalue weighted by molar-refractivity contribution is 0.600. The van der Waals surface area contributed by atoms with E-state index in [1.54, 1.807) is 42.5 Å². The van der Waals surface area contributed by atoms with Crippen LogP contribution in [0.15, 0.2) is 64.2 Å². The van der Waals surface area contributed by atoms with Crippen molar-refractivity contribution in [1.82, 2.24) is 20.2 Å². The maximum absolute atomic E-state index is 12.5. The molecule has 7 nitrogen and oxygen atoms in total. The van der Waals surface area contributed by atoms with Crippen LogP contribution in [0.5, 0.6) is 0 Å². The molecule has 3 aromatic rings. The maximum Gasteiger partial charge on any atom is 0.263 e. The van der Waals surface area contributed by atoms with Gasteiger partial charge in [0.15, 0.2) is 0 Å². The van der Waals surface area contributed by atoms with Gasteiger partial charge in [-0.2, -0.15) is 4.68 Å². The van der Waals surface area contributed by atoms with Crippen molar-refractivity contribution in [2.75, 3.05) is 4.72 Å². The highest BCUT2D eigenvalue weighted by Gasteiger charge is 2.19. The summed E-state index contributed by atoms with van der Waals surface area (Å²) in [6, 6.07) is 13.5. The number of nitrogens with zero attached hydrogens (tertiary/aromatic N) is 4. The molecule has 0 aliphatic heterocycles. The van der Waals surface area contributed by atoms with Crippen LogP contribution < -0.4 is 4.72 Å². The van der Waals surface area contributed by atoms with Gasteiger partial charge in [0.1, 0.15) is 11.2 Å². The zero-order valence-electron chi connectivity index (χ0n) is 11.1. The largest absolute Gasteiger partial charge is 0.277 e. The van der Waals surface area contributed by atoms with Gasteiger partial charge in [-0.15, -0.1) is 5.10 Å². The standard InChI is InChI=1S/C13H10BrN5O2S/c14-10-5-1-4-8-13(10)22(20,21)16-11-6-2-3-7-12(11)19-9-15-17-18-19/h1-9,16H. The van der Waals surface area contributed by atoms with Crippen molar-refractivity contribution in [3.8, 4) is 5.69 Å². The smallest absolute Gasteiger partial charge is 0.263 e. The zero-order chi connectivity index (χ0) is 15.6. The summed E-state index contributed by atoms with van der Waals surface area (Å²) in [5.41, 5.74) is 0.911. The van der Waals surface area contributed by atoms with Gasteiger partial charge in [0.05, 0.1) is 11.4 Å². The average Bonchev–Trinajstić information content (AvgIpc) is 3.02. The lowest BCUT2D eigenvalue weighted by Crippen LogP contribution is -2.15. The van der Waals surface area contributed by atoms with Crippen LogP contribution in [0.4, 0.5) is 5.69 Å². The quantitative estimate of drug-likeness (QED) is 0.750. The van der Waals surface area contributed by atoms with E-state index >= 15 is 0 Å². The molecule has 1 N–H and O–H groups in total. The second kappa shape index (κ2) is 5.85. The molecular weight excluding hydrogens is 370 g/mol. The number of nitrogens with one attached hydrogen (secondary N) is 1. The van der Waals surface area contributed by atoms with E-state index < -0.39 is 10.0 Å². The van der Waals surface area contributed by atoms with Crippen LogP contribution in [-0.4, -0.2) is 28.6 Å². The van der Waals surface area contributed by atoms with Crippen molar-refractivity contribution >= 4 is 31.6 Å². The van der Waals surface area contributed by atoms with E-state index in [1.807, 2.05) is 0 Å². The normalized spacial score (nSPS) is 11.3. The van der Waals surface area contributed by atoms with Crippen molar-refractivity contribution in [2.45, 2.75) is 4.90 Å². The second-order valence-corrected chi connectivity index (χ2v) is 6.81. The SMILES string of the molecule is O=S(=O)(Nc1ccccc1-n1cnnn1)c1ccccc1Br. The molecule has 0 aliphatic carbocycles. The minimum Gasteiger partial charge on any atom is -0.277 e. The molecule has 0 saturated heterocycles. The first-order chi connectivity index (χ1) is 10.6. The topological polar surface area (TPSA) is 89.8 Å². The minimum atomic E-state index is -3.74. The van der Waals surface area contributed by atoms with E-state index in [0.717, 1.165) is 0 Å². The van der Waals surface area contributed by atoms with Gasteiger partial charge in [-0.25, -0.2) is 8.42 Å². The van der Waals surface area contributed by atoms with Crippen LogP contribution in [0.25, 0.3) is 5.69 Å². The first-order valence-corrected chi connectivity index (χ1v) is 8.45. The third kappa shape index (κ3) is 2.85. The Morgan fingerprint density at radius 2 is 1.77 bits per heavy atom. The molecule has 0 spiro atoms. The fraction of sp³-hybridized carbons (Fsp3) is 0. The lowest BCUT2D eigenvalue weighted by atomic mass is 10.3. The Morgan fingerprint density at radius 3 is 2.50 bits per heavy atom. The summed E-state index contributed by atoms with van der Waals surface area (Å²) in [4.78, 5) is 0.154. The van der Waals surface area contributed by atoms with Gasteiger partial charge in [0.25, 0.3) is 10.0 Å². The van der Waals surface area contributed by atoms with Crippen molar-refractivity contribution in [2.24, 2.45) is 0 Å². The second-order valence-electron chi connectivity index (χ2n) is 4.31. The molecule has 0 bridgehead atoms. The average molecular weight is 380 g/mol. The molecule has 1 aromatic heterocycles. The Bertz CT molecular complexity index is 896. The summed E-state index contributed by atoms with van der Waals surface area (Å²) >= 11 is 3.25. The summed E-state index contributed by atoms with van der Waals surface area (Å²) in [5, 5.41) is 10.9. The summed E-state index contributed by atoms with van der Waals surface area (Å²) in [6.07, 6.45) is 1.39. The molecule has 0 saturated carbocycles. The first kappa shape index (κ1) is 14.7. The van der Waals surface area contributed by atoms with E-state index in [2.05, 4.69) is 36.2 Å². The monoisotopic (exact) mass is 379 g/mol. The number of sulfonamides is 1. The number of para-hydroxylation sites is 2. The number of halogens is 1. The molecule has 0 fully saturated rings. The third-order valence-electron chi connectivity index (χ3n) is 2.87. The molecule has 0 amide bonds. The molecule has 0 radical (unpaired) electrons. The minimum absolute atomic E-state index is 0.154. The van der Waals surface area contributed by atoms with Crippen LogP contribution in [0, 0.1) is 0 Å². The van der Waals surface area contributed by atoms with Crippen LogP contribution >= 0.6 is 15.9 Å². The Morgan fingerprint density at radius 1 is 1.05 bits per heavy atom. The van der Waals surface area contributed by atoms with Gasteiger partial charge < -0.3 is 0 Å². The molecule has 112 valence electrons. The number of benzene rings is 2. The molecule has 0 unspecified atom stereocenters. The molecule has 3 rings (SSSR count). The maximum atomic E-state index is 12.5. The molecular formula is C13H10BrN5O2S. The van der Waals surface area contributed by atoms with Gasteiger partial charge in [0, 0.05) is 4.47 Å². The lowest BCUT2D eigenvalue weighted by Gasteiger charge is -2.12. The molecule has 2 aromatic carbocycles. The van der Waals surface area contributed by atoms with Gasteiger partial charge in [0.2, 0.25) is 0 Å². The number of hydrogen-bond donors (Lipinski definition) is 1. The van der Waals surface area contributed by atoms with Crippen molar-refractivity contribution in [3.05, 3.63) is 59.3 Å². The van der Waals surface area contributed by atoms with Crippen molar-refractivity contribution in [1.29, 1.82) is 0 Å². The van der Waals surface area contributed by atoms with Gasteiger partial charge in [-0.3, -0.25) is 4.72 Å². The summed E-state index contributed by atoms with van der Waals surface area (Å²) in [5.74, 6) is 0. The van der Waals surface area contributed by atoms with E-state index in [9.17, 15) is 8.42 Å². The fourth-order valence-electron chi connectivity index (χ4n) is 1.89. The molecule has 0 atom stereocenters. The van der Waals surface area contributed by atoms with E-state index in [0.29, 0.717) is 15.8 Å². The Balaban J connectivity index is 2.03. The highest BCUT2D eigenvalue weighted by atomic mass is 79.9. The summed E-state index contributed by atoms with van der Waals surface area (Å²) in [7, 11) is -3.74. The van der Waals surface area contributed by atoms with Crippen LogP contribution in [0.3, 0.4) is 0 Å². The molecule has 0 aliphatic rings. The number of anilines is 1. The Kier molecular flexibility index (Phi) is 3.90. The van der Waals surface area contributed by atoms with E-state index in [1.165, 1.54) is 17.1 Å². The van der Waals surface area contributed by atoms with Crippen molar-refractivity contribution in [3.63, 3.8) is 0 Å². The van der Waals surface area contributed by atoms with Gasteiger partial charge >= 0.3 is 0 Å². The Labute approximate surface area is 135 Å². The van der Waals surface area contributed by atoms with Crippen molar-refractivity contribution < 1.29 is 8.42 Å². The highest BCUT2D eigenvalue weighted by molar-refractivity contribution is 9.10. The molecule has 22 heavy (non-hydrogen) atoms. The Hall–Kier alpha value is -2.26. The summed E-state index contributed by atoms with van der Waals surface area (Å²) < 4.78 is 29.5. The predicted molar refractivity (Wildman–Crippen MR) is 84.1 cm³/mol. The van der Waals surface area contributed by atoms with E-state index in [-0.39, 0.29) is 4.90 Å². The number of tetrazole rings is 1. The van der Waals surface area contributed by atoms with Gasteiger partial charge in [-0.05, 0) is 50.6 Å². The van der Waals surface area contributed by atoms with Crippen LogP contribution in [0.2, 0.25) is 0 Å². The van der Waals surface area contributed by atoms with E-state index in [4.69, 9.17) is 0 Å². The number of hydrogen-bond acceptors (Lipinski definition) is 5. The summed E-state index contributed by atoms with van der Waals surface area (Å²) in [6.45, 7) is 0. The fourth-order valence-corrected chi connectivity index (χ4v) is 3.97. The molecule has 1 heterocycles. The van der Waals surface area contributed by atoms with Crippen LogP contribution in [0.1, 0.15) is 0 Å². The third-order valence-corrected chi connectivity index (χ3v) is 5.25. The number of aromatic nitrogens is 4. The zero-order valence-corrected chi connectivity index (χ0v) is 13.5. The molecule has 9 heteroatoms. The predicted octanol–water partition coefficient (Wildman–Crippen LogP) is 2.23.